The topological polar surface area (TPSA) is 66.0 Å². The molecule has 0 bridgehead atoms. The zero-order valence-electron chi connectivity index (χ0n) is 10.3. The van der Waals surface area contributed by atoms with Gasteiger partial charge in [-0.05, 0) is 25.5 Å². The van der Waals surface area contributed by atoms with Crippen LogP contribution in [0.2, 0.25) is 5.02 Å². The van der Waals surface area contributed by atoms with Crippen LogP contribution in [0, 0.1) is 5.41 Å². The van der Waals surface area contributed by atoms with E-state index in [9.17, 15) is 0 Å². The van der Waals surface area contributed by atoms with E-state index in [0.29, 0.717) is 17.5 Å². The Kier molecular flexibility index (Phi) is 5.38. The molecule has 0 amide bonds. The van der Waals surface area contributed by atoms with Crippen molar-refractivity contribution in [3.05, 3.63) is 29.0 Å². The Hall–Kier alpha value is -1.13. The third-order valence-electron chi connectivity index (χ3n) is 2.63. The van der Waals surface area contributed by atoms with E-state index in [-0.39, 0.29) is 5.84 Å². The maximum absolute atomic E-state index is 7.27. The van der Waals surface area contributed by atoms with E-state index in [2.05, 4.69) is 23.7 Å². The Bertz CT molecular complexity index is 379. The SMILES string of the molecule is CC(C)N(CCC(=N)N)Cc1ccncc1Cl. The molecule has 5 heteroatoms. The van der Waals surface area contributed by atoms with Gasteiger partial charge in [-0.25, -0.2) is 0 Å². The lowest BCUT2D eigenvalue weighted by Gasteiger charge is -2.26. The molecular weight excluding hydrogens is 236 g/mol. The first-order chi connectivity index (χ1) is 8.00. The van der Waals surface area contributed by atoms with Crippen molar-refractivity contribution in [3.63, 3.8) is 0 Å². The number of nitrogens with one attached hydrogen (secondary N) is 1. The van der Waals surface area contributed by atoms with Crippen molar-refractivity contribution in [2.24, 2.45) is 5.73 Å². The van der Waals surface area contributed by atoms with Crippen LogP contribution < -0.4 is 5.73 Å². The smallest absolute Gasteiger partial charge is 0.0918 e. The van der Waals surface area contributed by atoms with Crippen molar-refractivity contribution >= 4 is 17.4 Å². The largest absolute Gasteiger partial charge is 0.388 e. The molecule has 0 fully saturated rings. The second-order valence-electron chi connectivity index (χ2n) is 4.31. The van der Waals surface area contributed by atoms with Crippen LogP contribution in [0.15, 0.2) is 18.5 Å². The average Bonchev–Trinajstić information content (AvgIpc) is 2.25. The molecule has 0 saturated carbocycles. The number of pyridine rings is 1. The zero-order valence-corrected chi connectivity index (χ0v) is 11.0. The summed E-state index contributed by atoms with van der Waals surface area (Å²) in [4.78, 5) is 6.21. The molecule has 1 aromatic heterocycles. The molecule has 0 unspecified atom stereocenters. The fourth-order valence-electron chi connectivity index (χ4n) is 1.53. The Balaban J connectivity index is 2.67. The normalized spacial score (nSPS) is 11.1. The fourth-order valence-corrected chi connectivity index (χ4v) is 1.71. The minimum Gasteiger partial charge on any atom is -0.388 e. The monoisotopic (exact) mass is 254 g/mol. The molecule has 1 heterocycles. The Morgan fingerprint density at radius 3 is 2.82 bits per heavy atom. The maximum atomic E-state index is 7.27. The van der Waals surface area contributed by atoms with Crippen LogP contribution in [0.3, 0.4) is 0 Å². The molecule has 0 atom stereocenters. The molecule has 0 spiro atoms. The van der Waals surface area contributed by atoms with Gasteiger partial charge >= 0.3 is 0 Å². The lowest BCUT2D eigenvalue weighted by atomic mass is 10.2. The van der Waals surface area contributed by atoms with Crippen LogP contribution in [0.1, 0.15) is 25.8 Å². The van der Waals surface area contributed by atoms with E-state index in [0.717, 1.165) is 18.7 Å². The molecule has 1 aromatic rings. The summed E-state index contributed by atoms with van der Waals surface area (Å²) in [6.07, 6.45) is 3.98. The lowest BCUT2D eigenvalue weighted by Crippen LogP contribution is -2.33. The highest BCUT2D eigenvalue weighted by Crippen LogP contribution is 2.17. The van der Waals surface area contributed by atoms with Crippen molar-refractivity contribution in [2.45, 2.75) is 32.9 Å². The van der Waals surface area contributed by atoms with E-state index >= 15 is 0 Å². The summed E-state index contributed by atoms with van der Waals surface area (Å²) in [6.45, 7) is 5.77. The van der Waals surface area contributed by atoms with Crippen LogP contribution in [0.5, 0.6) is 0 Å². The number of nitrogens with two attached hydrogens (primary N) is 1. The Morgan fingerprint density at radius 2 is 2.29 bits per heavy atom. The van der Waals surface area contributed by atoms with E-state index in [1.807, 2.05) is 6.07 Å². The van der Waals surface area contributed by atoms with E-state index in [1.165, 1.54) is 0 Å². The van der Waals surface area contributed by atoms with Gasteiger partial charge in [-0.3, -0.25) is 15.3 Å². The molecule has 0 aliphatic carbocycles. The number of amidine groups is 1. The van der Waals surface area contributed by atoms with Crippen LogP contribution in [-0.4, -0.2) is 28.3 Å². The highest BCUT2D eigenvalue weighted by Gasteiger charge is 2.12. The summed E-state index contributed by atoms with van der Waals surface area (Å²) in [6, 6.07) is 2.31. The molecule has 3 N–H and O–H groups in total. The quantitative estimate of drug-likeness (QED) is 0.605. The summed E-state index contributed by atoms with van der Waals surface area (Å²) >= 11 is 6.08. The van der Waals surface area contributed by atoms with Crippen LogP contribution in [0.25, 0.3) is 0 Å². The summed E-state index contributed by atoms with van der Waals surface area (Å²) < 4.78 is 0. The van der Waals surface area contributed by atoms with Crippen molar-refractivity contribution in [1.82, 2.24) is 9.88 Å². The van der Waals surface area contributed by atoms with Gasteiger partial charge in [0.05, 0.1) is 10.9 Å². The van der Waals surface area contributed by atoms with Gasteiger partial charge in [0.1, 0.15) is 0 Å². The van der Waals surface area contributed by atoms with E-state index < -0.39 is 0 Å². The molecule has 0 radical (unpaired) electrons. The minimum atomic E-state index is 0.219. The van der Waals surface area contributed by atoms with E-state index in [1.54, 1.807) is 12.4 Å². The number of hydrogen-bond acceptors (Lipinski definition) is 3. The van der Waals surface area contributed by atoms with Gasteiger partial charge in [-0.15, -0.1) is 0 Å². The van der Waals surface area contributed by atoms with Gasteiger partial charge in [-0.1, -0.05) is 11.6 Å². The second kappa shape index (κ2) is 6.57. The molecule has 0 saturated heterocycles. The van der Waals surface area contributed by atoms with Gasteiger partial charge in [-0.2, -0.15) is 0 Å². The van der Waals surface area contributed by atoms with Crippen LogP contribution in [0.4, 0.5) is 0 Å². The third-order valence-corrected chi connectivity index (χ3v) is 2.97. The summed E-state index contributed by atoms with van der Waals surface area (Å²) in [7, 11) is 0. The maximum Gasteiger partial charge on any atom is 0.0918 e. The molecule has 0 aromatic carbocycles. The Labute approximate surface area is 107 Å². The first-order valence-corrected chi connectivity index (χ1v) is 6.04. The predicted molar refractivity (Wildman–Crippen MR) is 71.3 cm³/mol. The molecule has 17 heavy (non-hydrogen) atoms. The van der Waals surface area contributed by atoms with Gasteiger partial charge in [0, 0.05) is 37.9 Å². The molecule has 0 aliphatic heterocycles. The average molecular weight is 255 g/mol. The van der Waals surface area contributed by atoms with Crippen molar-refractivity contribution in [2.75, 3.05) is 6.54 Å². The van der Waals surface area contributed by atoms with E-state index in [4.69, 9.17) is 22.7 Å². The Morgan fingerprint density at radius 1 is 1.59 bits per heavy atom. The highest BCUT2D eigenvalue weighted by atomic mass is 35.5. The summed E-state index contributed by atoms with van der Waals surface area (Å²) in [5.41, 5.74) is 6.44. The zero-order chi connectivity index (χ0) is 12.8. The number of nitrogens with zero attached hydrogens (tertiary/aromatic N) is 2. The molecule has 94 valence electrons. The van der Waals surface area contributed by atoms with Crippen molar-refractivity contribution in [1.29, 1.82) is 5.41 Å². The highest BCUT2D eigenvalue weighted by molar-refractivity contribution is 6.31. The van der Waals surface area contributed by atoms with Crippen LogP contribution >= 0.6 is 11.6 Å². The standard InChI is InChI=1S/C12H19ClN4/c1-9(2)17(6-4-12(14)15)8-10-3-5-16-7-11(10)13/h3,5,7,9H,4,6,8H2,1-2H3,(H3,14,15). The van der Waals surface area contributed by atoms with Gasteiger partial charge in [0.15, 0.2) is 0 Å². The minimum absolute atomic E-state index is 0.219. The molecule has 1 rings (SSSR count). The second-order valence-corrected chi connectivity index (χ2v) is 4.71. The van der Waals surface area contributed by atoms with Gasteiger partial charge in [0.2, 0.25) is 0 Å². The fraction of sp³-hybridized carbons (Fsp3) is 0.500. The van der Waals surface area contributed by atoms with Crippen molar-refractivity contribution in [3.8, 4) is 0 Å². The summed E-state index contributed by atoms with van der Waals surface area (Å²) in [5.74, 6) is 0.219. The number of hydrogen-bond donors (Lipinski definition) is 2. The predicted octanol–water partition coefficient (Wildman–Crippen LogP) is 2.27. The third kappa shape index (κ3) is 4.71. The molecule has 0 aliphatic rings. The lowest BCUT2D eigenvalue weighted by molar-refractivity contribution is 0.219. The summed E-state index contributed by atoms with van der Waals surface area (Å²) in [5, 5.41) is 7.95. The molecule has 4 nitrogen and oxygen atoms in total. The van der Waals surface area contributed by atoms with Gasteiger partial charge in [0.25, 0.3) is 0 Å². The first kappa shape index (κ1) is 13.9. The van der Waals surface area contributed by atoms with Gasteiger partial charge < -0.3 is 5.73 Å². The van der Waals surface area contributed by atoms with Crippen molar-refractivity contribution < 1.29 is 0 Å². The number of halogens is 1. The molecular formula is C12H19ClN4. The number of aromatic nitrogens is 1. The number of rotatable bonds is 6. The first-order valence-electron chi connectivity index (χ1n) is 5.66. The van der Waals surface area contributed by atoms with Crippen LogP contribution in [-0.2, 0) is 6.54 Å².